The minimum Gasteiger partial charge on any atom is -0.508 e. The van der Waals surface area contributed by atoms with Crippen molar-refractivity contribution in [3.05, 3.63) is 75.8 Å². The maximum absolute atomic E-state index is 14.8. The van der Waals surface area contributed by atoms with E-state index in [-0.39, 0.29) is 11.5 Å². The summed E-state index contributed by atoms with van der Waals surface area (Å²) in [6.07, 6.45) is 4.34. The topological polar surface area (TPSA) is 55.5 Å². The number of ether oxygens (including phenoxy) is 1. The highest BCUT2D eigenvalue weighted by atomic mass is 35.5. The van der Waals surface area contributed by atoms with Crippen LogP contribution in [0.2, 0.25) is 5.02 Å². The van der Waals surface area contributed by atoms with Crippen molar-refractivity contribution in [2.24, 2.45) is 0 Å². The summed E-state index contributed by atoms with van der Waals surface area (Å²) in [4.78, 5) is 0. The maximum Gasteiger partial charge on any atom is 0.172 e. The average molecular weight is 360 g/mol. The van der Waals surface area contributed by atoms with E-state index in [0.717, 1.165) is 24.8 Å². The lowest BCUT2D eigenvalue weighted by Crippen LogP contribution is -2.03. The third-order valence-electron chi connectivity index (χ3n) is 4.38. The van der Waals surface area contributed by atoms with Crippen LogP contribution in [0.3, 0.4) is 0 Å². The summed E-state index contributed by atoms with van der Waals surface area (Å²) in [6.45, 7) is 0. The molecule has 0 aromatic heterocycles. The number of allylic oxidation sites excluding steroid dienone is 2. The number of hydrogen-bond acceptors (Lipinski definition) is 3. The van der Waals surface area contributed by atoms with Gasteiger partial charge in [0.05, 0.1) is 7.11 Å². The molecule has 3 N–H and O–H groups in total. The molecule has 25 heavy (non-hydrogen) atoms. The summed E-state index contributed by atoms with van der Waals surface area (Å²) in [7, 11) is 1.41. The molecule has 5 heteroatoms. The first kappa shape index (κ1) is 17.4. The van der Waals surface area contributed by atoms with E-state index in [2.05, 4.69) is 0 Å². The van der Waals surface area contributed by atoms with Gasteiger partial charge in [0, 0.05) is 21.8 Å². The van der Waals surface area contributed by atoms with Crippen LogP contribution in [-0.4, -0.2) is 12.2 Å². The fraction of sp³-hybridized carbons (Fsp3) is 0.200. The predicted molar refractivity (Wildman–Crippen MR) is 99.4 cm³/mol. The summed E-state index contributed by atoms with van der Waals surface area (Å²) in [5.41, 5.74) is 8.87. The number of methoxy groups -OCH3 is 1. The number of nitrogen functional groups attached to an aromatic ring is 1. The van der Waals surface area contributed by atoms with Crippen molar-refractivity contribution in [1.82, 2.24) is 0 Å². The molecule has 1 saturated carbocycles. The zero-order chi connectivity index (χ0) is 18.0. The molecule has 2 aromatic rings. The quantitative estimate of drug-likeness (QED) is 0.560. The van der Waals surface area contributed by atoms with Crippen LogP contribution in [-0.2, 0) is 0 Å². The lowest BCUT2D eigenvalue weighted by atomic mass is 9.89. The molecule has 0 saturated heterocycles. The summed E-state index contributed by atoms with van der Waals surface area (Å²) in [5.74, 6) is -0.207. The van der Waals surface area contributed by atoms with Gasteiger partial charge in [0.25, 0.3) is 0 Å². The van der Waals surface area contributed by atoms with E-state index in [9.17, 15) is 9.50 Å². The lowest BCUT2D eigenvalue weighted by molar-refractivity contribution is 0.386. The van der Waals surface area contributed by atoms with Gasteiger partial charge in [-0.05, 0) is 54.7 Å². The molecule has 0 aliphatic heterocycles. The number of nitrogens with two attached hydrogens (primary N) is 1. The number of hydrogen-bond donors (Lipinski definition) is 2. The van der Waals surface area contributed by atoms with E-state index in [0.29, 0.717) is 27.4 Å². The van der Waals surface area contributed by atoms with Crippen molar-refractivity contribution in [3.8, 4) is 5.75 Å². The fourth-order valence-electron chi connectivity index (χ4n) is 2.80. The summed E-state index contributed by atoms with van der Waals surface area (Å²) in [5, 5.41) is 10.9. The van der Waals surface area contributed by atoms with Crippen LogP contribution in [0.4, 0.5) is 10.1 Å². The van der Waals surface area contributed by atoms with Gasteiger partial charge in [-0.25, -0.2) is 4.39 Å². The van der Waals surface area contributed by atoms with Crippen molar-refractivity contribution < 1.29 is 14.2 Å². The van der Waals surface area contributed by atoms with E-state index in [4.69, 9.17) is 22.1 Å². The van der Waals surface area contributed by atoms with E-state index in [1.807, 2.05) is 0 Å². The van der Waals surface area contributed by atoms with Gasteiger partial charge in [-0.15, -0.1) is 0 Å². The molecule has 1 fully saturated rings. The van der Waals surface area contributed by atoms with Crippen molar-refractivity contribution in [2.45, 2.75) is 19.3 Å². The molecule has 3 rings (SSSR count). The molecule has 0 bridgehead atoms. The van der Waals surface area contributed by atoms with Gasteiger partial charge >= 0.3 is 0 Å². The summed E-state index contributed by atoms with van der Waals surface area (Å²) < 4.78 is 19.9. The smallest absolute Gasteiger partial charge is 0.172 e. The van der Waals surface area contributed by atoms with Crippen LogP contribution >= 0.6 is 11.6 Å². The van der Waals surface area contributed by atoms with Crippen LogP contribution in [0.5, 0.6) is 5.75 Å². The molecule has 130 valence electrons. The summed E-state index contributed by atoms with van der Waals surface area (Å²) >= 11 is 5.98. The highest BCUT2D eigenvalue weighted by Crippen LogP contribution is 2.36. The second kappa shape index (κ2) is 7.19. The molecule has 1 aliphatic carbocycles. The van der Waals surface area contributed by atoms with Gasteiger partial charge in [0.2, 0.25) is 0 Å². The van der Waals surface area contributed by atoms with Gasteiger partial charge in [-0.3, -0.25) is 0 Å². The Bertz CT molecular complexity index is 868. The Hall–Kier alpha value is -2.46. The Morgan fingerprint density at radius 2 is 2.00 bits per heavy atom. The molecule has 0 spiro atoms. The van der Waals surface area contributed by atoms with Gasteiger partial charge in [-0.2, -0.15) is 0 Å². The lowest BCUT2D eigenvalue weighted by Gasteiger charge is -2.19. The van der Waals surface area contributed by atoms with E-state index in [1.165, 1.54) is 7.11 Å². The van der Waals surface area contributed by atoms with Crippen LogP contribution in [0.1, 0.15) is 30.4 Å². The SMILES string of the molecule is COc1cccc(/C(=C\C(O)=C2CCC2)c2ccc(Cl)cc2N)c1F. The fourth-order valence-corrected chi connectivity index (χ4v) is 2.98. The Balaban J connectivity index is 2.21. The van der Waals surface area contributed by atoms with Gasteiger partial charge in [-0.1, -0.05) is 29.8 Å². The average Bonchev–Trinajstić information content (AvgIpc) is 2.52. The molecule has 0 amide bonds. The minimum absolute atomic E-state index is 0.131. The third-order valence-corrected chi connectivity index (χ3v) is 4.61. The standard InChI is InChI=1S/C20H19ClFNO2/c1-25-19-7-3-6-15(20(19)22)16(11-18(24)12-4-2-5-12)14-9-8-13(21)10-17(14)23/h3,6-11,24H,2,4-5,23H2,1H3/b16-11-. The number of anilines is 1. The zero-order valence-electron chi connectivity index (χ0n) is 13.9. The molecule has 1 aliphatic rings. The number of benzene rings is 2. The molecule has 0 unspecified atom stereocenters. The van der Waals surface area contributed by atoms with Crippen LogP contribution < -0.4 is 10.5 Å². The van der Waals surface area contributed by atoms with E-state index < -0.39 is 5.82 Å². The van der Waals surface area contributed by atoms with Gasteiger partial charge < -0.3 is 15.6 Å². The Labute approximate surface area is 151 Å². The van der Waals surface area contributed by atoms with Crippen molar-refractivity contribution in [3.63, 3.8) is 0 Å². The normalized spacial score (nSPS) is 14.2. The Kier molecular flexibility index (Phi) is 5.00. The first-order valence-electron chi connectivity index (χ1n) is 8.02. The Morgan fingerprint density at radius 3 is 2.60 bits per heavy atom. The van der Waals surface area contributed by atoms with Crippen LogP contribution in [0.25, 0.3) is 5.57 Å². The van der Waals surface area contributed by atoms with Crippen LogP contribution in [0.15, 0.2) is 53.8 Å². The Morgan fingerprint density at radius 1 is 1.24 bits per heavy atom. The highest BCUT2D eigenvalue weighted by molar-refractivity contribution is 6.31. The van der Waals surface area contributed by atoms with Gasteiger partial charge in [0.1, 0.15) is 5.76 Å². The first-order valence-corrected chi connectivity index (χ1v) is 8.40. The van der Waals surface area contributed by atoms with Crippen molar-refractivity contribution >= 4 is 22.9 Å². The monoisotopic (exact) mass is 359 g/mol. The predicted octanol–water partition coefficient (Wildman–Crippen LogP) is 5.50. The first-order chi connectivity index (χ1) is 12.0. The van der Waals surface area contributed by atoms with E-state index in [1.54, 1.807) is 42.5 Å². The molecular formula is C20H19ClFNO2. The second-order valence-corrected chi connectivity index (χ2v) is 6.39. The minimum atomic E-state index is -0.503. The number of aliphatic hydroxyl groups is 1. The number of halogens is 2. The molecule has 3 nitrogen and oxygen atoms in total. The maximum atomic E-state index is 14.8. The number of aliphatic hydroxyl groups excluding tert-OH is 1. The molecule has 0 atom stereocenters. The largest absolute Gasteiger partial charge is 0.508 e. The third kappa shape index (κ3) is 3.49. The molecule has 0 heterocycles. The summed E-state index contributed by atoms with van der Waals surface area (Å²) in [6, 6.07) is 9.90. The number of rotatable bonds is 4. The second-order valence-electron chi connectivity index (χ2n) is 5.95. The zero-order valence-corrected chi connectivity index (χ0v) is 14.6. The van der Waals surface area contributed by atoms with E-state index >= 15 is 0 Å². The molecule has 0 radical (unpaired) electrons. The highest BCUT2D eigenvalue weighted by Gasteiger charge is 2.19. The molecular weight excluding hydrogens is 341 g/mol. The van der Waals surface area contributed by atoms with Gasteiger partial charge in [0.15, 0.2) is 11.6 Å². The van der Waals surface area contributed by atoms with Crippen LogP contribution in [0, 0.1) is 5.82 Å². The van der Waals surface area contributed by atoms with Crippen molar-refractivity contribution in [2.75, 3.05) is 12.8 Å². The van der Waals surface area contributed by atoms with Crippen molar-refractivity contribution in [1.29, 1.82) is 0 Å². The molecule has 2 aromatic carbocycles.